The van der Waals surface area contributed by atoms with Crippen molar-refractivity contribution in [2.24, 2.45) is 5.41 Å². The van der Waals surface area contributed by atoms with Gasteiger partial charge in [0.05, 0.1) is 42.4 Å². The molecule has 0 radical (unpaired) electrons. The van der Waals surface area contributed by atoms with Crippen LogP contribution in [0.15, 0.2) is 10.6 Å². The Labute approximate surface area is 200 Å². The van der Waals surface area contributed by atoms with Crippen LogP contribution < -0.4 is 15.5 Å². The normalized spacial score (nSPS) is 28.4. The highest BCUT2D eigenvalue weighted by atomic mass is 19.3. The van der Waals surface area contributed by atoms with E-state index < -0.39 is 72.2 Å². The van der Waals surface area contributed by atoms with Crippen molar-refractivity contribution in [3.8, 4) is 0 Å². The average molecular weight is 507 g/mol. The third-order valence-electron chi connectivity index (χ3n) is 7.30. The van der Waals surface area contributed by atoms with Crippen molar-refractivity contribution < 1.29 is 41.6 Å². The summed E-state index contributed by atoms with van der Waals surface area (Å²) in [5, 5.41) is 7.85. The summed E-state index contributed by atoms with van der Waals surface area (Å²) >= 11 is 0. The smallest absolute Gasteiger partial charge is 0.328 e. The minimum absolute atomic E-state index is 0.0586. The maximum atomic E-state index is 16.0. The minimum atomic E-state index is -3.01. The first-order chi connectivity index (χ1) is 16.9. The summed E-state index contributed by atoms with van der Waals surface area (Å²) in [6.07, 6.45) is -1.42. The Kier molecular flexibility index (Phi) is 4.54. The molecule has 0 saturated carbocycles. The van der Waals surface area contributed by atoms with E-state index in [0.29, 0.717) is 0 Å². The highest BCUT2D eigenvalue weighted by molar-refractivity contribution is 6.20. The van der Waals surface area contributed by atoms with Crippen LogP contribution in [0, 0.1) is 11.2 Å². The maximum Gasteiger partial charge on any atom is 0.328 e. The van der Waals surface area contributed by atoms with Crippen LogP contribution in [0.3, 0.4) is 0 Å². The van der Waals surface area contributed by atoms with Crippen molar-refractivity contribution in [2.45, 2.75) is 44.4 Å². The summed E-state index contributed by atoms with van der Waals surface area (Å²) in [6.45, 7) is 1.93. The molecule has 3 saturated heterocycles. The lowest BCUT2D eigenvalue weighted by Gasteiger charge is -2.55. The number of nitrogens with zero attached hydrogens (tertiary/aromatic N) is 3. The molecule has 0 bridgehead atoms. The Morgan fingerprint density at radius 2 is 1.83 bits per heavy atom. The van der Waals surface area contributed by atoms with E-state index >= 15 is 4.39 Å². The Bertz CT molecular complexity index is 1350. The molecule has 3 atom stereocenters. The van der Waals surface area contributed by atoms with Crippen LogP contribution in [-0.2, 0) is 20.7 Å². The number of barbiturate groups is 1. The standard InChI is InChI=1S/C22H20F3N5O6/c1-8-5-30-14-10(4-22(16(30)9(2)35-8)18(32)26-20(34)27-19(22)33)3-11-13(28-36-15(11)12(14)23)17(31)29-6-21(24,25)7-29/h3,8-9,16H,4-7H2,1-2H3,(H2,26,27,32,33,34). The lowest BCUT2D eigenvalue weighted by atomic mass is 9.66. The van der Waals surface area contributed by atoms with Crippen LogP contribution in [0.4, 0.5) is 23.7 Å². The molecule has 190 valence electrons. The number of nitrogens with one attached hydrogen (secondary N) is 2. The van der Waals surface area contributed by atoms with Crippen LogP contribution >= 0.6 is 0 Å². The molecule has 1 aromatic heterocycles. The van der Waals surface area contributed by atoms with Gasteiger partial charge in [-0.15, -0.1) is 0 Å². The fraction of sp³-hybridized carbons (Fsp3) is 0.500. The van der Waals surface area contributed by atoms with Crippen molar-refractivity contribution in [3.05, 3.63) is 23.1 Å². The molecule has 3 unspecified atom stereocenters. The number of ether oxygens (including phenoxy) is 1. The number of amides is 5. The second-order valence-corrected chi connectivity index (χ2v) is 9.76. The van der Waals surface area contributed by atoms with Crippen LogP contribution in [0.2, 0.25) is 0 Å². The number of carbonyl (C=O) groups is 4. The van der Waals surface area contributed by atoms with Gasteiger partial charge >= 0.3 is 6.03 Å². The van der Waals surface area contributed by atoms with Gasteiger partial charge in [-0.2, -0.15) is 0 Å². The minimum Gasteiger partial charge on any atom is -0.372 e. The second-order valence-electron chi connectivity index (χ2n) is 9.76. The molecule has 14 heteroatoms. The number of hydrogen-bond acceptors (Lipinski definition) is 8. The first-order valence-electron chi connectivity index (χ1n) is 11.3. The van der Waals surface area contributed by atoms with Crippen LogP contribution in [0.25, 0.3) is 11.0 Å². The number of fused-ring (bicyclic) bond motifs is 5. The third kappa shape index (κ3) is 2.93. The molecule has 3 fully saturated rings. The van der Waals surface area contributed by atoms with Crippen LogP contribution in [0.5, 0.6) is 0 Å². The first kappa shape index (κ1) is 22.8. The molecule has 1 spiro atoms. The number of carbonyl (C=O) groups excluding carboxylic acids is 4. The monoisotopic (exact) mass is 507 g/mol. The van der Waals surface area contributed by atoms with Gasteiger partial charge in [0.2, 0.25) is 17.4 Å². The Balaban J connectivity index is 1.52. The number of hydrogen-bond donors (Lipinski definition) is 2. The quantitative estimate of drug-likeness (QED) is 0.545. The Morgan fingerprint density at radius 1 is 1.17 bits per heavy atom. The van der Waals surface area contributed by atoms with Crippen molar-refractivity contribution in [3.63, 3.8) is 0 Å². The molecule has 2 aromatic rings. The summed E-state index contributed by atoms with van der Waals surface area (Å²) in [4.78, 5) is 53.5. The van der Waals surface area contributed by atoms with Gasteiger partial charge in [0.25, 0.3) is 11.8 Å². The number of anilines is 1. The number of likely N-dealkylation sites (tertiary alicyclic amines) is 1. The van der Waals surface area contributed by atoms with E-state index in [9.17, 15) is 28.0 Å². The number of morpholine rings is 1. The number of alkyl halides is 2. The van der Waals surface area contributed by atoms with Crippen molar-refractivity contribution in [1.82, 2.24) is 20.7 Å². The molecule has 0 aliphatic carbocycles. The van der Waals surface area contributed by atoms with E-state index in [4.69, 9.17) is 9.26 Å². The zero-order chi connectivity index (χ0) is 25.7. The van der Waals surface area contributed by atoms with Gasteiger partial charge in [0.1, 0.15) is 0 Å². The predicted molar refractivity (Wildman–Crippen MR) is 114 cm³/mol. The number of aromatic nitrogens is 1. The van der Waals surface area contributed by atoms with E-state index in [-0.39, 0.29) is 40.9 Å². The highest BCUT2D eigenvalue weighted by Crippen LogP contribution is 2.49. The zero-order valence-electron chi connectivity index (χ0n) is 19.1. The third-order valence-corrected chi connectivity index (χ3v) is 7.30. The molecule has 11 nitrogen and oxygen atoms in total. The fourth-order valence-electron chi connectivity index (χ4n) is 5.91. The average Bonchev–Trinajstić information content (AvgIpc) is 3.18. The molecule has 5 amide bonds. The fourth-order valence-corrected chi connectivity index (χ4v) is 5.91. The zero-order valence-corrected chi connectivity index (χ0v) is 19.1. The number of rotatable bonds is 1. The van der Waals surface area contributed by atoms with Crippen LogP contribution in [0.1, 0.15) is 29.9 Å². The van der Waals surface area contributed by atoms with Crippen molar-refractivity contribution in [2.75, 3.05) is 24.5 Å². The van der Waals surface area contributed by atoms with Gasteiger partial charge in [-0.1, -0.05) is 5.16 Å². The number of imide groups is 2. The van der Waals surface area contributed by atoms with E-state index in [1.54, 1.807) is 18.7 Å². The molecule has 4 aliphatic heterocycles. The molecule has 2 N–H and O–H groups in total. The molecular formula is C22H20F3N5O6. The van der Waals surface area contributed by atoms with E-state index in [0.717, 1.165) is 4.90 Å². The van der Waals surface area contributed by atoms with Gasteiger partial charge in [0.15, 0.2) is 16.9 Å². The molecule has 36 heavy (non-hydrogen) atoms. The summed E-state index contributed by atoms with van der Waals surface area (Å²) < 4.78 is 53.6. The van der Waals surface area contributed by atoms with E-state index in [1.165, 1.54) is 6.07 Å². The lowest BCUT2D eigenvalue weighted by Crippen LogP contribution is -2.75. The number of urea groups is 1. The maximum absolute atomic E-state index is 16.0. The summed E-state index contributed by atoms with van der Waals surface area (Å²) in [7, 11) is 0. The van der Waals surface area contributed by atoms with Gasteiger partial charge in [-0.3, -0.25) is 25.0 Å². The topological polar surface area (TPSA) is 134 Å². The van der Waals surface area contributed by atoms with Crippen molar-refractivity contribution in [1.29, 1.82) is 0 Å². The molecule has 4 aliphatic rings. The molecular weight excluding hydrogens is 487 g/mol. The second kappa shape index (κ2) is 7.18. The lowest BCUT2D eigenvalue weighted by molar-refractivity contribution is -0.153. The van der Waals surface area contributed by atoms with E-state index in [2.05, 4.69) is 15.8 Å². The van der Waals surface area contributed by atoms with Gasteiger partial charge in [-0.25, -0.2) is 18.0 Å². The Morgan fingerprint density at radius 3 is 2.47 bits per heavy atom. The van der Waals surface area contributed by atoms with Gasteiger partial charge in [0, 0.05) is 13.0 Å². The predicted octanol–water partition coefficient (Wildman–Crippen LogP) is 0.949. The highest BCUT2D eigenvalue weighted by Gasteiger charge is 2.63. The molecule has 5 heterocycles. The Hall–Kier alpha value is -3.68. The van der Waals surface area contributed by atoms with Gasteiger partial charge < -0.3 is 19.1 Å². The number of halogens is 3. The molecule has 1 aromatic carbocycles. The number of benzene rings is 1. The largest absolute Gasteiger partial charge is 0.372 e. The van der Waals surface area contributed by atoms with Crippen molar-refractivity contribution >= 4 is 40.4 Å². The summed E-state index contributed by atoms with van der Waals surface area (Å²) in [6, 6.07) is -0.547. The SMILES string of the molecule is CC1CN2c3c(cc4c(C(=O)N5CC(F)(F)C5)noc4c3F)CC3(C(=O)NC(=O)NC3=O)C2C(C)O1. The summed E-state index contributed by atoms with van der Waals surface area (Å²) in [5.74, 6) is -6.44. The van der Waals surface area contributed by atoms with E-state index in [1.807, 2.05) is 0 Å². The van der Waals surface area contributed by atoms with Crippen LogP contribution in [-0.4, -0.2) is 77.6 Å². The van der Waals surface area contributed by atoms with Gasteiger partial charge in [-0.05, 0) is 25.5 Å². The molecule has 6 rings (SSSR count). The first-order valence-corrected chi connectivity index (χ1v) is 11.3. The summed E-state index contributed by atoms with van der Waals surface area (Å²) in [5.41, 5.74) is -2.29.